The Kier molecular flexibility index (Phi) is 6.64. The highest BCUT2D eigenvalue weighted by atomic mass is 13.9. The molecule has 0 aliphatic rings. The van der Waals surface area contributed by atoms with Gasteiger partial charge in [0, 0.05) is 0 Å². The number of allylic oxidation sites excluding steroid dienone is 2. The van der Waals surface area contributed by atoms with Crippen LogP contribution in [-0.2, 0) is 6.42 Å². The summed E-state index contributed by atoms with van der Waals surface area (Å²) in [5.74, 6) is 0. The molecule has 15 heavy (non-hydrogen) atoms. The van der Waals surface area contributed by atoms with Crippen LogP contribution in [0.5, 0.6) is 0 Å². The summed E-state index contributed by atoms with van der Waals surface area (Å²) in [6, 6.07) is 10.7. The zero-order valence-corrected chi connectivity index (χ0v) is 9.78. The SMILES string of the molecule is CCCCC=CCCCc1ccccc1. The monoisotopic (exact) mass is 202 g/mol. The van der Waals surface area contributed by atoms with Crippen molar-refractivity contribution in [2.24, 2.45) is 0 Å². The average Bonchev–Trinajstić information content (AvgIpc) is 2.29. The van der Waals surface area contributed by atoms with Gasteiger partial charge in [-0.15, -0.1) is 0 Å². The van der Waals surface area contributed by atoms with Gasteiger partial charge < -0.3 is 0 Å². The molecule has 0 nitrogen and oxygen atoms in total. The van der Waals surface area contributed by atoms with Crippen LogP contribution in [0.25, 0.3) is 0 Å². The van der Waals surface area contributed by atoms with Crippen LogP contribution in [0, 0.1) is 0 Å². The fourth-order valence-electron chi connectivity index (χ4n) is 1.63. The number of hydrogen-bond donors (Lipinski definition) is 0. The van der Waals surface area contributed by atoms with Gasteiger partial charge in [-0.05, 0) is 31.2 Å². The highest BCUT2D eigenvalue weighted by Crippen LogP contribution is 2.05. The summed E-state index contributed by atoms with van der Waals surface area (Å²) in [5.41, 5.74) is 1.46. The summed E-state index contributed by atoms with van der Waals surface area (Å²) < 4.78 is 0. The van der Waals surface area contributed by atoms with Crippen molar-refractivity contribution in [1.29, 1.82) is 0 Å². The lowest BCUT2D eigenvalue weighted by atomic mass is 10.1. The van der Waals surface area contributed by atoms with Crippen molar-refractivity contribution in [3.8, 4) is 0 Å². The smallest absolute Gasteiger partial charge is 0.0276 e. The Labute approximate surface area is 94.0 Å². The molecule has 0 heteroatoms. The van der Waals surface area contributed by atoms with E-state index < -0.39 is 0 Å². The molecule has 1 aromatic rings. The van der Waals surface area contributed by atoms with E-state index in [4.69, 9.17) is 0 Å². The molecule has 0 aliphatic heterocycles. The van der Waals surface area contributed by atoms with Crippen LogP contribution in [0.1, 0.15) is 44.6 Å². The topological polar surface area (TPSA) is 0 Å². The molecule has 0 radical (unpaired) electrons. The maximum atomic E-state index is 2.33. The lowest BCUT2D eigenvalue weighted by Crippen LogP contribution is -1.82. The van der Waals surface area contributed by atoms with Crippen molar-refractivity contribution < 1.29 is 0 Å². The Morgan fingerprint density at radius 3 is 2.27 bits per heavy atom. The van der Waals surface area contributed by atoms with Gasteiger partial charge in [-0.2, -0.15) is 0 Å². The Morgan fingerprint density at radius 1 is 0.933 bits per heavy atom. The van der Waals surface area contributed by atoms with E-state index in [0.29, 0.717) is 0 Å². The molecular weight excluding hydrogens is 180 g/mol. The minimum atomic E-state index is 1.21. The molecule has 0 fully saturated rings. The largest absolute Gasteiger partial charge is 0.0885 e. The highest BCUT2D eigenvalue weighted by molar-refractivity contribution is 5.14. The quantitative estimate of drug-likeness (QED) is 0.442. The lowest BCUT2D eigenvalue weighted by molar-refractivity contribution is 0.802. The minimum absolute atomic E-state index is 1.21. The summed E-state index contributed by atoms with van der Waals surface area (Å²) in [7, 11) is 0. The van der Waals surface area contributed by atoms with E-state index in [9.17, 15) is 0 Å². The number of rotatable bonds is 7. The second-order valence-corrected chi connectivity index (χ2v) is 3.99. The van der Waals surface area contributed by atoms with Crippen molar-refractivity contribution >= 4 is 0 Å². The van der Waals surface area contributed by atoms with Crippen molar-refractivity contribution in [3.05, 3.63) is 48.0 Å². The van der Waals surface area contributed by atoms with Gasteiger partial charge in [-0.3, -0.25) is 0 Å². The van der Waals surface area contributed by atoms with Crippen molar-refractivity contribution in [3.63, 3.8) is 0 Å². The second-order valence-electron chi connectivity index (χ2n) is 3.99. The van der Waals surface area contributed by atoms with Crippen molar-refractivity contribution in [2.45, 2.75) is 45.4 Å². The summed E-state index contributed by atoms with van der Waals surface area (Å²) in [6.45, 7) is 2.24. The maximum absolute atomic E-state index is 2.33. The van der Waals surface area contributed by atoms with Gasteiger partial charge in [0.15, 0.2) is 0 Å². The Bertz CT molecular complexity index is 259. The Hall–Kier alpha value is -1.04. The molecule has 0 N–H and O–H groups in total. The summed E-state index contributed by atoms with van der Waals surface area (Å²) >= 11 is 0. The summed E-state index contributed by atoms with van der Waals surface area (Å²) in [4.78, 5) is 0. The average molecular weight is 202 g/mol. The molecule has 0 atom stereocenters. The van der Waals surface area contributed by atoms with Gasteiger partial charge in [0.1, 0.15) is 0 Å². The van der Waals surface area contributed by atoms with Crippen LogP contribution < -0.4 is 0 Å². The number of hydrogen-bond acceptors (Lipinski definition) is 0. The fourth-order valence-corrected chi connectivity index (χ4v) is 1.63. The number of benzene rings is 1. The predicted octanol–water partition coefficient (Wildman–Crippen LogP) is 4.76. The van der Waals surface area contributed by atoms with Crippen LogP contribution in [0.15, 0.2) is 42.5 Å². The van der Waals surface area contributed by atoms with Crippen molar-refractivity contribution in [2.75, 3.05) is 0 Å². The van der Waals surface area contributed by atoms with E-state index in [1.807, 2.05) is 0 Å². The Morgan fingerprint density at radius 2 is 1.60 bits per heavy atom. The first kappa shape index (κ1) is 12.0. The molecule has 0 saturated carbocycles. The molecule has 0 spiro atoms. The zero-order valence-electron chi connectivity index (χ0n) is 9.78. The summed E-state index contributed by atoms with van der Waals surface area (Å²) in [6.07, 6.45) is 12.2. The third-order valence-corrected chi connectivity index (χ3v) is 2.57. The van der Waals surface area contributed by atoms with E-state index in [2.05, 4.69) is 49.4 Å². The van der Waals surface area contributed by atoms with E-state index >= 15 is 0 Å². The molecule has 0 aliphatic carbocycles. The van der Waals surface area contributed by atoms with E-state index in [1.165, 1.54) is 44.1 Å². The van der Waals surface area contributed by atoms with Gasteiger partial charge in [-0.25, -0.2) is 0 Å². The third kappa shape index (κ3) is 6.11. The first-order chi connectivity index (χ1) is 7.43. The molecule has 0 unspecified atom stereocenters. The van der Waals surface area contributed by atoms with Crippen LogP contribution in [0.3, 0.4) is 0 Å². The van der Waals surface area contributed by atoms with E-state index in [0.717, 1.165) is 0 Å². The Balaban J connectivity index is 2.04. The third-order valence-electron chi connectivity index (χ3n) is 2.57. The highest BCUT2D eigenvalue weighted by Gasteiger charge is 1.89. The molecule has 0 aromatic heterocycles. The first-order valence-corrected chi connectivity index (χ1v) is 6.12. The van der Waals surface area contributed by atoms with Crippen LogP contribution in [-0.4, -0.2) is 0 Å². The zero-order chi connectivity index (χ0) is 10.8. The van der Waals surface area contributed by atoms with Gasteiger partial charge in [0.25, 0.3) is 0 Å². The number of unbranched alkanes of at least 4 members (excludes halogenated alkanes) is 3. The van der Waals surface area contributed by atoms with Gasteiger partial charge in [-0.1, -0.05) is 62.2 Å². The molecule has 1 rings (SSSR count). The normalized spacial score (nSPS) is 11.0. The van der Waals surface area contributed by atoms with Crippen LogP contribution in [0.2, 0.25) is 0 Å². The van der Waals surface area contributed by atoms with E-state index in [-0.39, 0.29) is 0 Å². The summed E-state index contributed by atoms with van der Waals surface area (Å²) in [5, 5.41) is 0. The predicted molar refractivity (Wildman–Crippen MR) is 68.0 cm³/mol. The molecule has 82 valence electrons. The molecule has 0 saturated heterocycles. The van der Waals surface area contributed by atoms with Crippen molar-refractivity contribution in [1.82, 2.24) is 0 Å². The minimum Gasteiger partial charge on any atom is -0.0885 e. The standard InChI is InChI=1S/C15H22/c1-2-3-4-5-6-7-9-12-15-13-10-8-11-14-15/h5-6,8,10-11,13-14H,2-4,7,9,12H2,1H3. The second kappa shape index (κ2) is 8.28. The lowest BCUT2D eigenvalue weighted by Gasteiger charge is -1.98. The molecule has 0 bridgehead atoms. The van der Waals surface area contributed by atoms with Crippen LogP contribution >= 0.6 is 0 Å². The number of aryl methyl sites for hydroxylation is 1. The molecule has 1 aromatic carbocycles. The fraction of sp³-hybridized carbons (Fsp3) is 0.467. The van der Waals surface area contributed by atoms with Gasteiger partial charge >= 0.3 is 0 Å². The molecule has 0 heterocycles. The first-order valence-electron chi connectivity index (χ1n) is 6.12. The van der Waals surface area contributed by atoms with Crippen LogP contribution in [0.4, 0.5) is 0 Å². The van der Waals surface area contributed by atoms with E-state index in [1.54, 1.807) is 0 Å². The van der Waals surface area contributed by atoms with Gasteiger partial charge in [0.05, 0.1) is 0 Å². The molecule has 0 amide bonds. The molecular formula is C15H22. The van der Waals surface area contributed by atoms with Gasteiger partial charge in [0.2, 0.25) is 0 Å². The maximum Gasteiger partial charge on any atom is -0.0276 e.